The van der Waals surface area contributed by atoms with E-state index in [1.54, 1.807) is 0 Å². The Kier molecular flexibility index (Phi) is 4.50. The second-order valence-corrected chi connectivity index (χ2v) is 7.09. The van der Waals surface area contributed by atoms with E-state index in [-0.39, 0.29) is 5.41 Å². The van der Waals surface area contributed by atoms with Crippen molar-refractivity contribution in [3.63, 3.8) is 0 Å². The monoisotopic (exact) mass is 279 g/mol. The molecule has 1 aliphatic rings. The highest BCUT2D eigenvalue weighted by Gasteiger charge is 2.32. The summed E-state index contributed by atoms with van der Waals surface area (Å²) in [4.78, 5) is 5.70. The van der Waals surface area contributed by atoms with Gasteiger partial charge in [-0.2, -0.15) is 0 Å². The number of nitrogens with one attached hydrogen (secondary N) is 2. The first-order valence-electron chi connectivity index (χ1n) is 7.01. The highest BCUT2D eigenvalue weighted by molar-refractivity contribution is 7.10. The molecule has 1 heterocycles. The molecule has 3 nitrogen and oxygen atoms in total. The zero-order chi connectivity index (χ0) is 13.9. The fraction of sp³-hybridized carbons (Fsp3) is 0.667. The molecule has 2 N–H and O–H groups in total. The SMILES string of the molecule is CN=C(NCC1CC1C)NCC(C)(C)c1cccs1. The van der Waals surface area contributed by atoms with Gasteiger partial charge in [-0.3, -0.25) is 4.99 Å². The smallest absolute Gasteiger partial charge is 0.191 e. The van der Waals surface area contributed by atoms with Crippen LogP contribution in [0.4, 0.5) is 0 Å². The predicted octanol–water partition coefficient (Wildman–Crippen LogP) is 2.85. The van der Waals surface area contributed by atoms with E-state index in [1.165, 1.54) is 11.3 Å². The molecule has 2 atom stereocenters. The number of rotatable bonds is 5. The molecule has 0 bridgehead atoms. The lowest BCUT2D eigenvalue weighted by atomic mass is 9.91. The lowest BCUT2D eigenvalue weighted by molar-refractivity contribution is 0.517. The summed E-state index contributed by atoms with van der Waals surface area (Å²) in [5.74, 6) is 2.64. The molecule has 0 aromatic carbocycles. The Labute approximate surface area is 120 Å². The van der Waals surface area contributed by atoms with Gasteiger partial charge in [-0.1, -0.05) is 26.8 Å². The minimum Gasteiger partial charge on any atom is -0.356 e. The van der Waals surface area contributed by atoms with Crippen molar-refractivity contribution in [1.29, 1.82) is 0 Å². The fourth-order valence-corrected chi connectivity index (χ4v) is 3.04. The minimum absolute atomic E-state index is 0.138. The van der Waals surface area contributed by atoms with Crippen LogP contribution >= 0.6 is 11.3 Å². The van der Waals surface area contributed by atoms with Crippen molar-refractivity contribution in [2.45, 2.75) is 32.6 Å². The molecule has 1 fully saturated rings. The highest BCUT2D eigenvalue weighted by atomic mass is 32.1. The topological polar surface area (TPSA) is 36.4 Å². The number of nitrogens with zero attached hydrogens (tertiary/aromatic N) is 1. The largest absolute Gasteiger partial charge is 0.356 e. The summed E-state index contributed by atoms with van der Waals surface area (Å²) >= 11 is 1.82. The van der Waals surface area contributed by atoms with E-state index in [2.05, 4.69) is 53.9 Å². The van der Waals surface area contributed by atoms with Gasteiger partial charge >= 0.3 is 0 Å². The van der Waals surface area contributed by atoms with Crippen LogP contribution in [0.1, 0.15) is 32.1 Å². The maximum Gasteiger partial charge on any atom is 0.191 e. The Morgan fingerprint density at radius 2 is 2.21 bits per heavy atom. The number of hydrogen-bond donors (Lipinski definition) is 2. The molecule has 0 saturated heterocycles. The summed E-state index contributed by atoms with van der Waals surface area (Å²) < 4.78 is 0. The number of thiophene rings is 1. The Bertz CT molecular complexity index is 423. The molecule has 1 aliphatic carbocycles. The molecule has 0 spiro atoms. The van der Waals surface area contributed by atoms with Gasteiger partial charge in [0.15, 0.2) is 5.96 Å². The summed E-state index contributed by atoms with van der Waals surface area (Å²) in [7, 11) is 1.84. The average molecular weight is 279 g/mol. The van der Waals surface area contributed by atoms with Crippen LogP contribution in [0, 0.1) is 11.8 Å². The van der Waals surface area contributed by atoms with Gasteiger partial charge in [0, 0.05) is 30.4 Å². The molecule has 4 heteroatoms. The maximum absolute atomic E-state index is 4.30. The van der Waals surface area contributed by atoms with Gasteiger partial charge in [-0.05, 0) is 29.7 Å². The molecule has 2 unspecified atom stereocenters. The first kappa shape index (κ1) is 14.4. The molecule has 1 saturated carbocycles. The van der Waals surface area contributed by atoms with Crippen molar-refractivity contribution in [2.24, 2.45) is 16.8 Å². The van der Waals surface area contributed by atoms with Gasteiger partial charge in [-0.15, -0.1) is 11.3 Å². The zero-order valence-electron chi connectivity index (χ0n) is 12.4. The van der Waals surface area contributed by atoms with Crippen LogP contribution in [-0.4, -0.2) is 26.1 Å². The Morgan fingerprint density at radius 3 is 2.74 bits per heavy atom. The summed E-state index contributed by atoms with van der Waals surface area (Å²) in [6.45, 7) is 8.78. The van der Waals surface area contributed by atoms with E-state index in [1.807, 2.05) is 18.4 Å². The summed E-state index contributed by atoms with van der Waals surface area (Å²) in [5.41, 5.74) is 0.138. The molecule has 19 heavy (non-hydrogen) atoms. The van der Waals surface area contributed by atoms with E-state index in [9.17, 15) is 0 Å². The maximum atomic E-state index is 4.30. The second-order valence-electron chi connectivity index (χ2n) is 6.14. The van der Waals surface area contributed by atoms with Gasteiger partial charge in [0.25, 0.3) is 0 Å². The zero-order valence-corrected chi connectivity index (χ0v) is 13.2. The Balaban J connectivity index is 1.79. The molecule has 106 valence electrons. The van der Waals surface area contributed by atoms with Crippen LogP contribution in [-0.2, 0) is 5.41 Å². The normalized spacial score (nSPS) is 23.3. The quantitative estimate of drug-likeness (QED) is 0.642. The van der Waals surface area contributed by atoms with Crippen molar-refractivity contribution in [1.82, 2.24) is 10.6 Å². The first-order valence-corrected chi connectivity index (χ1v) is 7.89. The summed E-state index contributed by atoms with van der Waals surface area (Å²) in [6, 6.07) is 4.32. The molecule has 0 aliphatic heterocycles. The third-order valence-corrected chi connectivity index (χ3v) is 5.15. The van der Waals surface area contributed by atoms with Crippen LogP contribution < -0.4 is 10.6 Å². The Hall–Kier alpha value is -1.03. The van der Waals surface area contributed by atoms with Crippen molar-refractivity contribution in [3.05, 3.63) is 22.4 Å². The van der Waals surface area contributed by atoms with Crippen LogP contribution in [0.3, 0.4) is 0 Å². The fourth-order valence-electron chi connectivity index (χ4n) is 2.19. The van der Waals surface area contributed by atoms with Gasteiger partial charge in [0.05, 0.1) is 0 Å². The van der Waals surface area contributed by atoms with Crippen LogP contribution in [0.25, 0.3) is 0 Å². The third kappa shape index (κ3) is 3.96. The van der Waals surface area contributed by atoms with Crippen LogP contribution in [0.5, 0.6) is 0 Å². The lowest BCUT2D eigenvalue weighted by Crippen LogP contribution is -2.43. The standard InChI is InChI=1S/C15H25N3S/c1-11-8-12(11)9-17-14(16-4)18-10-15(2,3)13-6-5-7-19-13/h5-7,11-12H,8-10H2,1-4H3,(H2,16,17,18). The van der Waals surface area contributed by atoms with Crippen molar-refractivity contribution in [2.75, 3.05) is 20.1 Å². The highest BCUT2D eigenvalue weighted by Crippen LogP contribution is 2.36. The third-order valence-electron chi connectivity index (χ3n) is 3.92. The molecule has 0 radical (unpaired) electrons. The van der Waals surface area contributed by atoms with Crippen molar-refractivity contribution < 1.29 is 0 Å². The molecular weight excluding hydrogens is 254 g/mol. The van der Waals surface area contributed by atoms with E-state index in [0.29, 0.717) is 0 Å². The van der Waals surface area contributed by atoms with Crippen LogP contribution in [0.2, 0.25) is 0 Å². The van der Waals surface area contributed by atoms with E-state index in [4.69, 9.17) is 0 Å². The lowest BCUT2D eigenvalue weighted by Gasteiger charge is -2.25. The minimum atomic E-state index is 0.138. The van der Waals surface area contributed by atoms with Gasteiger partial charge in [-0.25, -0.2) is 0 Å². The molecule has 1 aromatic rings. The number of aliphatic imine (C=N–C) groups is 1. The molecule has 2 rings (SSSR count). The molecule has 1 aromatic heterocycles. The first-order chi connectivity index (χ1) is 9.03. The predicted molar refractivity (Wildman–Crippen MR) is 84.0 cm³/mol. The van der Waals surface area contributed by atoms with Gasteiger partial charge in [0.1, 0.15) is 0 Å². The summed E-state index contributed by atoms with van der Waals surface area (Å²) in [6.07, 6.45) is 1.35. The Morgan fingerprint density at radius 1 is 1.47 bits per heavy atom. The number of guanidine groups is 1. The molecule has 0 amide bonds. The molecular formula is C15H25N3S. The second kappa shape index (κ2) is 5.95. The summed E-state index contributed by atoms with van der Waals surface area (Å²) in [5, 5.41) is 9.00. The van der Waals surface area contributed by atoms with Crippen LogP contribution in [0.15, 0.2) is 22.5 Å². The van der Waals surface area contributed by atoms with Crippen molar-refractivity contribution in [3.8, 4) is 0 Å². The van der Waals surface area contributed by atoms with E-state index >= 15 is 0 Å². The van der Waals surface area contributed by atoms with Gasteiger partial charge in [0.2, 0.25) is 0 Å². The van der Waals surface area contributed by atoms with Crippen molar-refractivity contribution >= 4 is 17.3 Å². The number of hydrogen-bond acceptors (Lipinski definition) is 2. The van der Waals surface area contributed by atoms with E-state index in [0.717, 1.165) is 30.9 Å². The van der Waals surface area contributed by atoms with E-state index < -0.39 is 0 Å². The average Bonchev–Trinajstić information content (AvgIpc) is 2.86. The van der Waals surface area contributed by atoms with Gasteiger partial charge < -0.3 is 10.6 Å².